The summed E-state index contributed by atoms with van der Waals surface area (Å²) in [6.07, 6.45) is 7.89. The van der Waals surface area contributed by atoms with E-state index in [0.717, 1.165) is 39.7 Å². The fourth-order valence-corrected chi connectivity index (χ4v) is 4.33. The number of nitrogens with one attached hydrogen (secondary N) is 1. The average Bonchev–Trinajstić information content (AvgIpc) is 3.27. The van der Waals surface area contributed by atoms with Crippen LogP contribution in [-0.4, -0.2) is 29.7 Å². The second-order valence-corrected chi connectivity index (χ2v) is 7.03. The van der Waals surface area contributed by atoms with Crippen LogP contribution < -0.4 is 0 Å². The topological polar surface area (TPSA) is 72.3 Å². The summed E-state index contributed by atoms with van der Waals surface area (Å²) in [4.78, 5) is 13.6. The van der Waals surface area contributed by atoms with Gasteiger partial charge in [-0.1, -0.05) is 18.2 Å². The Labute approximate surface area is 148 Å². The number of para-hydroxylation sites is 1. The summed E-state index contributed by atoms with van der Waals surface area (Å²) in [5.41, 5.74) is 4.45. The third-order valence-electron chi connectivity index (χ3n) is 4.52. The van der Waals surface area contributed by atoms with Crippen molar-refractivity contribution in [2.24, 2.45) is 0 Å². The van der Waals surface area contributed by atoms with Crippen LogP contribution >= 0.6 is 11.8 Å². The molecule has 0 unspecified atom stereocenters. The summed E-state index contributed by atoms with van der Waals surface area (Å²) in [6, 6.07) is 10.4. The minimum absolute atomic E-state index is 0.750. The van der Waals surface area contributed by atoms with Crippen LogP contribution in [0.4, 0.5) is 0 Å². The van der Waals surface area contributed by atoms with Gasteiger partial charge in [0.1, 0.15) is 11.4 Å². The molecule has 0 amide bonds. The van der Waals surface area contributed by atoms with E-state index in [1.165, 1.54) is 24.2 Å². The molecule has 1 aliphatic carbocycles. The monoisotopic (exact) mass is 348 g/mol. The smallest absolute Gasteiger partial charge is 0.179 e. The molecular formula is C18H16N6S. The Morgan fingerprint density at radius 1 is 1.04 bits per heavy atom. The van der Waals surface area contributed by atoms with Gasteiger partial charge in [0.05, 0.1) is 17.3 Å². The zero-order valence-electron chi connectivity index (χ0n) is 13.5. The first kappa shape index (κ1) is 14.7. The molecule has 0 spiro atoms. The molecule has 0 bridgehead atoms. The van der Waals surface area contributed by atoms with Crippen LogP contribution in [0.5, 0.6) is 0 Å². The molecule has 1 N–H and O–H groups in total. The Morgan fingerprint density at radius 3 is 2.84 bits per heavy atom. The van der Waals surface area contributed by atoms with Gasteiger partial charge in [-0.3, -0.25) is 9.67 Å². The molecule has 3 aromatic heterocycles. The van der Waals surface area contributed by atoms with E-state index in [2.05, 4.69) is 49.0 Å². The molecule has 4 aromatic rings. The number of nitrogens with zero attached hydrogens (tertiary/aromatic N) is 5. The van der Waals surface area contributed by atoms with Crippen molar-refractivity contribution in [2.75, 3.05) is 0 Å². The predicted octanol–water partition coefficient (Wildman–Crippen LogP) is 3.57. The van der Waals surface area contributed by atoms with Crippen molar-refractivity contribution in [2.45, 2.75) is 35.9 Å². The summed E-state index contributed by atoms with van der Waals surface area (Å²) >= 11 is 1.58. The second-order valence-electron chi connectivity index (χ2n) is 6.08. The average molecular weight is 348 g/mol. The number of aromatic nitrogens is 6. The lowest BCUT2D eigenvalue weighted by Crippen LogP contribution is -2.07. The first-order valence-corrected chi connectivity index (χ1v) is 9.19. The van der Waals surface area contributed by atoms with Crippen LogP contribution in [0.2, 0.25) is 0 Å². The molecule has 0 atom stereocenters. The highest BCUT2D eigenvalue weighted by Crippen LogP contribution is 2.35. The van der Waals surface area contributed by atoms with Crippen molar-refractivity contribution < 1.29 is 0 Å². The fourth-order valence-electron chi connectivity index (χ4n) is 3.34. The molecule has 0 radical (unpaired) electrons. The van der Waals surface area contributed by atoms with E-state index >= 15 is 0 Å². The van der Waals surface area contributed by atoms with Crippen molar-refractivity contribution in [1.82, 2.24) is 29.7 Å². The maximum Gasteiger partial charge on any atom is 0.179 e. The molecule has 0 saturated carbocycles. The third kappa shape index (κ3) is 2.51. The quantitative estimate of drug-likeness (QED) is 0.573. The lowest BCUT2D eigenvalue weighted by molar-refractivity contribution is 0.654. The van der Waals surface area contributed by atoms with Gasteiger partial charge in [0, 0.05) is 11.4 Å². The summed E-state index contributed by atoms with van der Waals surface area (Å²) in [6.45, 7) is 0. The molecule has 0 aliphatic heterocycles. The van der Waals surface area contributed by atoms with Gasteiger partial charge in [0.25, 0.3) is 0 Å². The molecule has 1 aliphatic rings. The predicted molar refractivity (Wildman–Crippen MR) is 96.0 cm³/mol. The lowest BCUT2D eigenvalue weighted by Gasteiger charge is -2.15. The Balaban J connectivity index is 1.66. The van der Waals surface area contributed by atoms with Crippen LogP contribution in [0.3, 0.4) is 0 Å². The third-order valence-corrected chi connectivity index (χ3v) is 5.49. The first-order chi connectivity index (χ1) is 12.4. The first-order valence-electron chi connectivity index (χ1n) is 8.38. The van der Waals surface area contributed by atoms with Crippen LogP contribution in [0, 0.1) is 0 Å². The molecule has 3 heterocycles. The van der Waals surface area contributed by atoms with Crippen molar-refractivity contribution in [3.05, 3.63) is 54.2 Å². The van der Waals surface area contributed by atoms with Gasteiger partial charge in [0.2, 0.25) is 0 Å². The molecule has 0 saturated heterocycles. The molecule has 7 heteroatoms. The Hall–Kier alpha value is -2.67. The highest BCUT2D eigenvalue weighted by molar-refractivity contribution is 7.99. The maximum absolute atomic E-state index is 4.95. The van der Waals surface area contributed by atoms with Crippen molar-refractivity contribution in [3.8, 4) is 5.69 Å². The van der Waals surface area contributed by atoms with Gasteiger partial charge < -0.3 is 0 Å². The van der Waals surface area contributed by atoms with Crippen LogP contribution in [-0.2, 0) is 12.8 Å². The van der Waals surface area contributed by atoms with Crippen molar-refractivity contribution in [3.63, 3.8) is 0 Å². The zero-order valence-corrected chi connectivity index (χ0v) is 14.3. The van der Waals surface area contributed by atoms with Crippen LogP contribution in [0.1, 0.15) is 24.2 Å². The van der Waals surface area contributed by atoms with E-state index in [9.17, 15) is 0 Å². The number of aromatic amines is 1. The van der Waals surface area contributed by atoms with E-state index < -0.39 is 0 Å². The zero-order chi connectivity index (χ0) is 16.6. The number of aryl methyl sites for hydroxylation is 1. The fraction of sp³-hybridized carbons (Fsp3) is 0.222. The van der Waals surface area contributed by atoms with E-state index in [1.807, 2.05) is 6.07 Å². The van der Waals surface area contributed by atoms with Gasteiger partial charge in [-0.2, -0.15) is 5.10 Å². The van der Waals surface area contributed by atoms with Crippen molar-refractivity contribution >= 4 is 22.8 Å². The Kier molecular flexibility index (Phi) is 3.52. The summed E-state index contributed by atoms with van der Waals surface area (Å²) in [5, 5.41) is 9.74. The molecule has 124 valence electrons. The van der Waals surface area contributed by atoms with Gasteiger partial charge >= 0.3 is 0 Å². The summed E-state index contributed by atoms with van der Waals surface area (Å²) in [5.74, 6) is 0. The molecule has 25 heavy (non-hydrogen) atoms. The maximum atomic E-state index is 4.95. The number of fused-ring (bicyclic) bond motifs is 2. The van der Waals surface area contributed by atoms with Gasteiger partial charge in [0.15, 0.2) is 10.8 Å². The molecule has 0 fully saturated rings. The number of rotatable bonds is 3. The molecular weight excluding hydrogens is 332 g/mol. The standard InChI is InChI=1S/C18H16N6S/c1-2-6-12(7-3-1)24-15-9-5-4-8-14(15)22-18(24)25-17-13-10-21-23-16(13)19-11-20-17/h1-3,6-7,10-11H,4-5,8-9H2,(H,19,20,21,23). The molecule has 6 nitrogen and oxygen atoms in total. The SMILES string of the molecule is c1ccc(-n2c(Sc3ncnc4[nH]ncc34)nc3c2CCCC3)cc1. The van der Waals surface area contributed by atoms with Crippen molar-refractivity contribution in [1.29, 1.82) is 0 Å². The molecule has 1 aromatic carbocycles. The minimum atomic E-state index is 0.750. The number of imidazole rings is 1. The Bertz CT molecular complexity index is 1040. The second kappa shape index (κ2) is 6.00. The molecule has 5 rings (SSSR count). The van der Waals surface area contributed by atoms with Gasteiger partial charge in [-0.05, 0) is 49.6 Å². The minimum Gasteiger partial charge on any atom is -0.291 e. The highest BCUT2D eigenvalue weighted by atomic mass is 32.2. The Morgan fingerprint density at radius 2 is 1.92 bits per heavy atom. The lowest BCUT2D eigenvalue weighted by atomic mass is 10.0. The van der Waals surface area contributed by atoms with E-state index in [0.29, 0.717) is 0 Å². The summed E-state index contributed by atoms with van der Waals surface area (Å²) < 4.78 is 2.28. The highest BCUT2D eigenvalue weighted by Gasteiger charge is 2.22. The number of H-pyrrole nitrogens is 1. The van der Waals surface area contributed by atoms with Gasteiger partial charge in [-0.25, -0.2) is 15.0 Å². The number of benzene rings is 1. The van der Waals surface area contributed by atoms with Crippen LogP contribution in [0.25, 0.3) is 16.7 Å². The summed E-state index contributed by atoms with van der Waals surface area (Å²) in [7, 11) is 0. The van der Waals surface area contributed by atoms with E-state index in [-0.39, 0.29) is 0 Å². The van der Waals surface area contributed by atoms with E-state index in [4.69, 9.17) is 4.98 Å². The largest absolute Gasteiger partial charge is 0.291 e. The van der Waals surface area contributed by atoms with E-state index in [1.54, 1.807) is 24.3 Å². The van der Waals surface area contributed by atoms with Gasteiger partial charge in [-0.15, -0.1) is 0 Å². The van der Waals surface area contributed by atoms with Crippen LogP contribution in [0.15, 0.2) is 53.0 Å². The number of hydrogen-bond acceptors (Lipinski definition) is 5. The number of hydrogen-bond donors (Lipinski definition) is 1. The normalized spacial score (nSPS) is 13.9.